The van der Waals surface area contributed by atoms with Gasteiger partial charge < -0.3 is 10.6 Å². The average Bonchev–Trinajstić information content (AvgIpc) is 2.51. The molecule has 1 atom stereocenters. The quantitative estimate of drug-likeness (QED) is 0.873. The van der Waals surface area contributed by atoms with Crippen LogP contribution in [0.5, 0.6) is 0 Å². The van der Waals surface area contributed by atoms with Crippen LogP contribution < -0.4 is 15.5 Å². The van der Waals surface area contributed by atoms with Crippen molar-refractivity contribution in [1.29, 1.82) is 0 Å². The van der Waals surface area contributed by atoms with E-state index >= 15 is 0 Å². The molecule has 1 saturated heterocycles. The predicted molar refractivity (Wildman–Crippen MR) is 85.9 cm³/mol. The summed E-state index contributed by atoms with van der Waals surface area (Å²) in [5.74, 6) is -2.38. The van der Waals surface area contributed by atoms with Gasteiger partial charge in [0, 0.05) is 37.7 Å². The Morgan fingerprint density at radius 1 is 1.35 bits per heavy atom. The van der Waals surface area contributed by atoms with Gasteiger partial charge in [-0.1, -0.05) is 12.1 Å². The molecule has 1 aromatic rings. The van der Waals surface area contributed by atoms with Crippen LogP contribution in [0.3, 0.4) is 0 Å². The molecule has 0 spiro atoms. The lowest BCUT2D eigenvalue weighted by molar-refractivity contribution is -0.109. The van der Waals surface area contributed by atoms with Crippen LogP contribution in [0.25, 0.3) is 0 Å². The molecule has 4 nitrogen and oxygen atoms in total. The first-order chi connectivity index (χ1) is 10.9. The summed E-state index contributed by atoms with van der Waals surface area (Å²) in [5, 5.41) is 6.15. The van der Waals surface area contributed by atoms with Crippen molar-refractivity contribution in [3.63, 3.8) is 0 Å². The summed E-state index contributed by atoms with van der Waals surface area (Å²) in [5.41, 5.74) is 1.98. The van der Waals surface area contributed by atoms with Crippen molar-refractivity contribution in [2.45, 2.75) is 38.2 Å². The van der Waals surface area contributed by atoms with Gasteiger partial charge >= 0.3 is 6.03 Å². The lowest BCUT2D eigenvalue weighted by Crippen LogP contribution is -2.46. The monoisotopic (exact) mass is 323 g/mol. The molecule has 6 heteroatoms. The second-order valence-electron chi connectivity index (χ2n) is 6.59. The highest BCUT2D eigenvalue weighted by Crippen LogP contribution is 2.42. The summed E-state index contributed by atoms with van der Waals surface area (Å²) in [6.07, 6.45) is 0.933. The van der Waals surface area contributed by atoms with E-state index < -0.39 is 5.92 Å². The number of urea groups is 1. The molecule has 1 aromatic carbocycles. The highest BCUT2D eigenvalue weighted by atomic mass is 19.3. The summed E-state index contributed by atoms with van der Waals surface area (Å²) in [6.45, 7) is 4.11. The molecule has 0 aromatic heterocycles. The van der Waals surface area contributed by atoms with Crippen molar-refractivity contribution in [2.75, 3.05) is 24.5 Å². The number of carbonyl (C=O) groups is 1. The molecule has 23 heavy (non-hydrogen) atoms. The van der Waals surface area contributed by atoms with Gasteiger partial charge in [0.1, 0.15) is 0 Å². The maximum absolute atomic E-state index is 12.8. The van der Waals surface area contributed by atoms with E-state index in [0.29, 0.717) is 6.54 Å². The molecule has 0 radical (unpaired) electrons. The fraction of sp³-hybridized carbons (Fsp3) is 0.588. The van der Waals surface area contributed by atoms with Crippen LogP contribution in [0.15, 0.2) is 24.3 Å². The van der Waals surface area contributed by atoms with E-state index in [4.69, 9.17) is 0 Å². The van der Waals surface area contributed by atoms with Crippen molar-refractivity contribution >= 4 is 11.7 Å². The Labute approximate surface area is 135 Å². The van der Waals surface area contributed by atoms with Crippen LogP contribution in [-0.4, -0.2) is 31.6 Å². The Kier molecular flexibility index (Phi) is 4.53. The molecule has 1 saturated carbocycles. The number of benzene rings is 1. The first-order valence-electron chi connectivity index (χ1n) is 8.21. The topological polar surface area (TPSA) is 44.4 Å². The minimum Gasteiger partial charge on any atom is -0.338 e. The molecule has 3 rings (SSSR count). The number of hydrogen-bond donors (Lipinski definition) is 2. The van der Waals surface area contributed by atoms with Crippen molar-refractivity contribution in [1.82, 2.24) is 10.6 Å². The zero-order valence-corrected chi connectivity index (χ0v) is 13.3. The number of nitrogens with zero attached hydrogens (tertiary/aromatic N) is 1. The fourth-order valence-electron chi connectivity index (χ4n) is 3.21. The molecule has 1 aliphatic carbocycles. The van der Waals surface area contributed by atoms with Crippen LogP contribution in [0.4, 0.5) is 19.3 Å². The highest BCUT2D eigenvalue weighted by molar-refractivity contribution is 5.92. The van der Waals surface area contributed by atoms with E-state index in [1.165, 1.54) is 0 Å². The third-order valence-corrected chi connectivity index (χ3v) is 4.67. The molecular weight excluding hydrogens is 300 g/mol. The molecule has 2 fully saturated rings. The fourth-order valence-corrected chi connectivity index (χ4v) is 3.21. The third-order valence-electron chi connectivity index (χ3n) is 4.67. The van der Waals surface area contributed by atoms with Crippen LogP contribution >= 0.6 is 0 Å². The number of amides is 2. The molecule has 2 amide bonds. The number of alkyl halides is 2. The van der Waals surface area contributed by atoms with Gasteiger partial charge in [-0.25, -0.2) is 13.6 Å². The van der Waals surface area contributed by atoms with Crippen LogP contribution in [0, 0.1) is 5.92 Å². The van der Waals surface area contributed by atoms with E-state index in [2.05, 4.69) is 10.6 Å². The molecule has 126 valence electrons. The maximum Gasteiger partial charge on any atom is 0.321 e. The Balaban J connectivity index is 1.53. The minimum absolute atomic E-state index is 0.00424. The molecular formula is C17H23F2N3O. The lowest BCUT2D eigenvalue weighted by Gasteiger charge is -2.35. The van der Waals surface area contributed by atoms with E-state index in [1.807, 2.05) is 31.2 Å². The zero-order valence-electron chi connectivity index (χ0n) is 13.3. The van der Waals surface area contributed by atoms with Gasteiger partial charge in [-0.2, -0.15) is 0 Å². The molecule has 1 aliphatic heterocycles. The Hall–Kier alpha value is -1.69. The number of hydrogen-bond acceptors (Lipinski definition) is 2. The number of halogens is 2. The standard InChI is InChI=1S/C17H23F2N3O/c1-12(21-11-13-9-17(18,19)10-13)14-3-5-15(6-4-14)22-8-2-7-20-16(22)23/h3-6,12-13,21H,2,7-11H2,1H3,(H,20,23). The van der Waals surface area contributed by atoms with Gasteiger partial charge in [0.15, 0.2) is 0 Å². The van der Waals surface area contributed by atoms with E-state index in [9.17, 15) is 13.6 Å². The van der Waals surface area contributed by atoms with Gasteiger partial charge in [-0.05, 0) is 43.5 Å². The van der Waals surface area contributed by atoms with Crippen LogP contribution in [0.1, 0.15) is 37.8 Å². The molecule has 0 bridgehead atoms. The Morgan fingerprint density at radius 2 is 2.04 bits per heavy atom. The summed E-state index contributed by atoms with van der Waals surface area (Å²) in [4.78, 5) is 13.6. The summed E-state index contributed by atoms with van der Waals surface area (Å²) < 4.78 is 25.6. The second-order valence-corrected chi connectivity index (χ2v) is 6.59. The summed E-state index contributed by atoms with van der Waals surface area (Å²) in [6, 6.07) is 7.91. The minimum atomic E-state index is -2.45. The number of carbonyl (C=O) groups excluding carboxylic acids is 1. The third kappa shape index (κ3) is 3.80. The van der Waals surface area contributed by atoms with Crippen molar-refractivity contribution in [3.8, 4) is 0 Å². The normalized spacial score (nSPS) is 22.4. The lowest BCUT2D eigenvalue weighted by atomic mass is 9.81. The molecule has 1 unspecified atom stereocenters. The van der Waals surface area contributed by atoms with E-state index in [0.717, 1.165) is 30.8 Å². The number of anilines is 1. The van der Waals surface area contributed by atoms with Crippen LogP contribution in [-0.2, 0) is 0 Å². The van der Waals surface area contributed by atoms with Crippen LogP contribution in [0.2, 0.25) is 0 Å². The Bertz CT molecular complexity index is 553. The van der Waals surface area contributed by atoms with Gasteiger partial charge in [0.25, 0.3) is 0 Å². The SMILES string of the molecule is CC(NCC1CC(F)(F)C1)c1ccc(N2CCCNC2=O)cc1. The largest absolute Gasteiger partial charge is 0.338 e. The van der Waals surface area contributed by atoms with Gasteiger partial charge in [-0.3, -0.25) is 4.90 Å². The maximum atomic E-state index is 12.8. The predicted octanol–water partition coefficient (Wildman–Crippen LogP) is 3.30. The zero-order chi connectivity index (χ0) is 16.4. The smallest absolute Gasteiger partial charge is 0.321 e. The number of nitrogens with one attached hydrogen (secondary N) is 2. The average molecular weight is 323 g/mol. The van der Waals surface area contributed by atoms with Crippen molar-refractivity contribution in [3.05, 3.63) is 29.8 Å². The van der Waals surface area contributed by atoms with Gasteiger partial charge in [0.2, 0.25) is 5.92 Å². The Morgan fingerprint density at radius 3 is 2.65 bits per heavy atom. The number of rotatable bonds is 5. The van der Waals surface area contributed by atoms with Crippen molar-refractivity contribution in [2.24, 2.45) is 5.92 Å². The molecule has 2 N–H and O–H groups in total. The summed E-state index contributed by atoms with van der Waals surface area (Å²) >= 11 is 0. The molecule has 1 heterocycles. The first-order valence-corrected chi connectivity index (χ1v) is 8.21. The first kappa shape index (κ1) is 16.2. The van der Waals surface area contributed by atoms with Gasteiger partial charge in [-0.15, -0.1) is 0 Å². The van der Waals surface area contributed by atoms with Crippen molar-refractivity contribution < 1.29 is 13.6 Å². The van der Waals surface area contributed by atoms with E-state index in [-0.39, 0.29) is 30.8 Å². The molecule has 2 aliphatic rings. The van der Waals surface area contributed by atoms with Gasteiger partial charge in [0.05, 0.1) is 0 Å². The second kappa shape index (κ2) is 6.43. The van der Waals surface area contributed by atoms with E-state index in [1.54, 1.807) is 4.90 Å². The summed E-state index contributed by atoms with van der Waals surface area (Å²) in [7, 11) is 0. The highest BCUT2D eigenvalue weighted by Gasteiger charge is 2.44.